The Morgan fingerprint density at radius 3 is 2.71 bits per heavy atom. The van der Waals surface area contributed by atoms with Crippen molar-refractivity contribution in [1.82, 2.24) is 10.6 Å². The standard InChI is InChI=1S/C31H38N4O4.C2H6/c1-31(2)17-26(34-29(37)22-10-9-21-12-20(18-38-3)13-23(21)15-22)25-14-19(8-11-27(25)39-31)6-4-5-7-24-16-28(36)35-30(32)33-24;1-2/h4,6,8-11,14-15,20,24,26H,5,7,12-13,16-18H2,1-3H3,(H,34,37)(H3,32,33,35,36);1-2H3/b6-4-;. The number of hydrogen-bond donors (Lipinski definition) is 3. The third-order valence-corrected chi connectivity index (χ3v) is 7.67. The number of ether oxygens (including phenoxy) is 2. The van der Waals surface area contributed by atoms with E-state index in [2.05, 4.69) is 53.8 Å². The molecule has 8 nitrogen and oxygen atoms in total. The maximum absolute atomic E-state index is 13.4. The summed E-state index contributed by atoms with van der Waals surface area (Å²) in [5, 5.41) is 5.82. The van der Waals surface area contributed by atoms with Crippen LogP contribution in [0.3, 0.4) is 0 Å². The van der Waals surface area contributed by atoms with Crippen LogP contribution in [0, 0.1) is 5.92 Å². The van der Waals surface area contributed by atoms with Crippen molar-refractivity contribution < 1.29 is 19.1 Å². The number of hydrogen-bond acceptors (Lipinski definition) is 6. The van der Waals surface area contributed by atoms with E-state index in [1.54, 1.807) is 7.11 Å². The Hall–Kier alpha value is -3.65. The molecule has 0 saturated carbocycles. The minimum absolute atomic E-state index is 0.0704. The molecule has 2 heterocycles. The van der Waals surface area contributed by atoms with E-state index in [-0.39, 0.29) is 29.9 Å². The molecule has 0 bridgehead atoms. The first kappa shape index (κ1) is 30.3. The Balaban J connectivity index is 0.00000189. The minimum Gasteiger partial charge on any atom is -0.487 e. The highest BCUT2D eigenvalue weighted by Gasteiger charge is 2.35. The normalized spacial score (nSPS) is 22.4. The fourth-order valence-electron chi connectivity index (χ4n) is 5.91. The molecule has 2 aromatic carbocycles. The van der Waals surface area contributed by atoms with Gasteiger partial charge in [-0.15, -0.1) is 0 Å². The van der Waals surface area contributed by atoms with Crippen molar-refractivity contribution in [2.75, 3.05) is 13.7 Å². The van der Waals surface area contributed by atoms with Crippen LogP contribution < -0.4 is 21.1 Å². The Bertz CT molecular complexity index is 1320. The fraction of sp³-hybridized carbons (Fsp3) is 0.485. The summed E-state index contributed by atoms with van der Waals surface area (Å²) in [7, 11) is 1.74. The summed E-state index contributed by atoms with van der Waals surface area (Å²) in [5.41, 5.74) is 10.5. The molecule has 4 N–H and O–H groups in total. The van der Waals surface area contributed by atoms with Gasteiger partial charge in [-0.05, 0) is 86.4 Å². The number of rotatable bonds is 8. The summed E-state index contributed by atoms with van der Waals surface area (Å²) in [5.74, 6) is 1.31. The summed E-state index contributed by atoms with van der Waals surface area (Å²) in [4.78, 5) is 29.4. The van der Waals surface area contributed by atoms with Crippen LogP contribution >= 0.6 is 0 Å². The first-order chi connectivity index (χ1) is 19.7. The van der Waals surface area contributed by atoms with Crippen LogP contribution in [-0.2, 0) is 22.4 Å². The molecule has 0 spiro atoms. The van der Waals surface area contributed by atoms with Crippen molar-refractivity contribution in [2.24, 2.45) is 16.6 Å². The first-order valence-corrected chi connectivity index (χ1v) is 14.7. The third-order valence-electron chi connectivity index (χ3n) is 7.67. The number of nitrogens with one attached hydrogen (secondary N) is 2. The molecule has 220 valence electrons. The molecule has 0 saturated heterocycles. The molecule has 8 heteroatoms. The smallest absolute Gasteiger partial charge is 0.251 e. The Labute approximate surface area is 243 Å². The second-order valence-corrected chi connectivity index (χ2v) is 11.5. The van der Waals surface area contributed by atoms with Gasteiger partial charge in [0.05, 0.1) is 12.1 Å². The maximum atomic E-state index is 13.4. The van der Waals surface area contributed by atoms with E-state index in [9.17, 15) is 9.59 Å². The van der Waals surface area contributed by atoms with Crippen LogP contribution in [0.15, 0.2) is 47.5 Å². The summed E-state index contributed by atoms with van der Waals surface area (Å²) in [6.07, 6.45) is 8.65. The minimum atomic E-state index is -0.401. The van der Waals surface area contributed by atoms with Gasteiger partial charge in [-0.2, -0.15) is 0 Å². The molecule has 3 unspecified atom stereocenters. The van der Waals surface area contributed by atoms with E-state index in [0.717, 1.165) is 49.2 Å². The Kier molecular flexibility index (Phi) is 9.86. The summed E-state index contributed by atoms with van der Waals surface area (Å²) in [6.45, 7) is 8.84. The molecule has 2 aromatic rings. The molecule has 0 radical (unpaired) electrons. The van der Waals surface area contributed by atoms with Crippen molar-refractivity contribution in [3.05, 3.63) is 70.3 Å². The zero-order valence-electron chi connectivity index (χ0n) is 25.0. The van der Waals surface area contributed by atoms with E-state index in [1.807, 2.05) is 38.1 Å². The number of methoxy groups -OCH3 is 1. The van der Waals surface area contributed by atoms with Crippen molar-refractivity contribution in [2.45, 2.75) is 83.9 Å². The monoisotopic (exact) mass is 560 g/mol. The highest BCUT2D eigenvalue weighted by Crippen LogP contribution is 2.40. The highest BCUT2D eigenvalue weighted by molar-refractivity contribution is 5.98. The van der Waals surface area contributed by atoms with Gasteiger partial charge in [-0.25, -0.2) is 4.99 Å². The lowest BCUT2D eigenvalue weighted by molar-refractivity contribution is -0.120. The molecule has 0 aromatic heterocycles. The van der Waals surface area contributed by atoms with Crippen LogP contribution in [0.2, 0.25) is 0 Å². The van der Waals surface area contributed by atoms with Crippen molar-refractivity contribution >= 4 is 23.8 Å². The number of carbonyl (C=O) groups excluding carboxylic acids is 2. The zero-order chi connectivity index (χ0) is 29.6. The largest absolute Gasteiger partial charge is 0.487 e. The molecule has 0 fully saturated rings. The number of benzene rings is 2. The lowest BCUT2D eigenvalue weighted by Crippen LogP contribution is -2.43. The summed E-state index contributed by atoms with van der Waals surface area (Å²) < 4.78 is 11.6. The number of amides is 2. The predicted molar refractivity (Wildman–Crippen MR) is 163 cm³/mol. The topological polar surface area (TPSA) is 115 Å². The second kappa shape index (κ2) is 13.3. The number of allylic oxidation sites excluding steroid dienone is 1. The van der Waals surface area contributed by atoms with Gasteiger partial charge in [0.2, 0.25) is 5.91 Å². The summed E-state index contributed by atoms with van der Waals surface area (Å²) in [6, 6.07) is 11.9. The SMILES string of the molecule is CC.COCC1Cc2ccc(C(=O)NC3CC(C)(C)Oc4ccc(/C=C\CCC5CC(=O)NC(N)=N5)cc43)cc2C1. The maximum Gasteiger partial charge on any atom is 0.251 e. The van der Waals surface area contributed by atoms with Crippen LogP contribution in [0.1, 0.15) is 92.0 Å². The first-order valence-electron chi connectivity index (χ1n) is 14.7. The van der Waals surface area contributed by atoms with Crippen LogP contribution in [0.4, 0.5) is 0 Å². The van der Waals surface area contributed by atoms with Gasteiger partial charge in [-0.3, -0.25) is 14.9 Å². The quantitative estimate of drug-likeness (QED) is 0.415. The Morgan fingerprint density at radius 2 is 1.95 bits per heavy atom. The molecule has 41 heavy (non-hydrogen) atoms. The molecule has 2 amide bonds. The molecular formula is C33H44N4O4. The zero-order valence-corrected chi connectivity index (χ0v) is 25.0. The Morgan fingerprint density at radius 1 is 1.17 bits per heavy atom. The molecule has 5 rings (SSSR count). The van der Waals surface area contributed by atoms with E-state index in [0.29, 0.717) is 24.3 Å². The van der Waals surface area contributed by atoms with Gasteiger partial charge in [0.25, 0.3) is 5.91 Å². The van der Waals surface area contributed by atoms with Gasteiger partial charge in [0.1, 0.15) is 11.4 Å². The molecular weight excluding hydrogens is 516 g/mol. The van der Waals surface area contributed by atoms with Crippen molar-refractivity contribution in [3.63, 3.8) is 0 Å². The van der Waals surface area contributed by atoms with E-state index >= 15 is 0 Å². The van der Waals surface area contributed by atoms with Gasteiger partial charge in [-0.1, -0.05) is 38.1 Å². The van der Waals surface area contributed by atoms with E-state index in [1.165, 1.54) is 11.1 Å². The fourth-order valence-corrected chi connectivity index (χ4v) is 5.91. The number of nitrogens with zero attached hydrogens (tertiary/aromatic N) is 1. The lowest BCUT2D eigenvalue weighted by atomic mass is 9.88. The third kappa shape index (κ3) is 7.76. The number of carbonyl (C=O) groups is 2. The van der Waals surface area contributed by atoms with Crippen LogP contribution in [-0.4, -0.2) is 43.1 Å². The van der Waals surface area contributed by atoms with E-state index in [4.69, 9.17) is 15.2 Å². The average molecular weight is 561 g/mol. The number of nitrogens with two attached hydrogens (primary N) is 1. The van der Waals surface area contributed by atoms with Gasteiger partial charge < -0.3 is 20.5 Å². The molecule has 2 aliphatic heterocycles. The predicted octanol–water partition coefficient (Wildman–Crippen LogP) is 5.10. The van der Waals surface area contributed by atoms with Gasteiger partial charge in [0, 0.05) is 37.7 Å². The second-order valence-electron chi connectivity index (χ2n) is 11.5. The number of guanidine groups is 1. The summed E-state index contributed by atoms with van der Waals surface area (Å²) >= 11 is 0. The highest BCUT2D eigenvalue weighted by atomic mass is 16.5. The lowest BCUT2D eigenvalue weighted by Gasteiger charge is -2.38. The molecule has 1 aliphatic carbocycles. The van der Waals surface area contributed by atoms with Gasteiger partial charge in [0.15, 0.2) is 5.96 Å². The number of fused-ring (bicyclic) bond motifs is 2. The van der Waals surface area contributed by atoms with Crippen LogP contribution in [0.5, 0.6) is 5.75 Å². The van der Waals surface area contributed by atoms with E-state index < -0.39 is 5.60 Å². The molecule has 3 atom stereocenters. The van der Waals surface area contributed by atoms with Crippen molar-refractivity contribution in [1.29, 1.82) is 0 Å². The van der Waals surface area contributed by atoms with Crippen LogP contribution in [0.25, 0.3) is 6.08 Å². The average Bonchev–Trinajstić information content (AvgIpc) is 3.33. The molecule has 3 aliphatic rings. The van der Waals surface area contributed by atoms with Crippen molar-refractivity contribution in [3.8, 4) is 5.75 Å². The number of aliphatic imine (C=N–C) groups is 1. The van der Waals surface area contributed by atoms with Gasteiger partial charge >= 0.3 is 0 Å².